The molecule has 5 nitrogen and oxygen atoms in total. The van der Waals surface area contributed by atoms with E-state index in [0.29, 0.717) is 29.5 Å². The minimum Gasteiger partial charge on any atom is -0.396 e. The van der Waals surface area contributed by atoms with Crippen LogP contribution in [0.15, 0.2) is 36.5 Å². The molecular formula is C26H27F2N3O2. The highest BCUT2D eigenvalue weighted by molar-refractivity contribution is 5.99. The molecule has 0 radical (unpaired) electrons. The topological polar surface area (TPSA) is 63.1 Å². The number of aliphatic hydroxyl groups is 1. The molecule has 2 aromatic heterocycles. The number of H-pyrrole nitrogens is 1. The van der Waals surface area contributed by atoms with Crippen LogP contribution in [0.1, 0.15) is 55.2 Å². The third-order valence-electron chi connectivity index (χ3n) is 7.58. The van der Waals surface area contributed by atoms with Crippen molar-refractivity contribution < 1.29 is 18.6 Å². The number of fused-ring (bicyclic) bond motifs is 2. The fourth-order valence-electron chi connectivity index (χ4n) is 6.01. The molecular weight excluding hydrogens is 424 g/mol. The van der Waals surface area contributed by atoms with Gasteiger partial charge in [-0.2, -0.15) is 5.10 Å². The van der Waals surface area contributed by atoms with Crippen LogP contribution in [0.2, 0.25) is 0 Å². The second kappa shape index (κ2) is 8.22. The van der Waals surface area contributed by atoms with E-state index >= 15 is 4.39 Å². The standard InChI is InChI=1S/C26H27F2N3O2/c27-19-3-5-20(6-4-19)31-21-12-18-13-29-30-25(18)24(28)23(21)22(17-2-1-15(11-17)14-32)26(31)16-7-9-33-10-8-16/h3-6,12-13,15-17,32H,1-2,7-11,14H2,(H,29,30)/t15?,17-/m1/s1. The van der Waals surface area contributed by atoms with E-state index in [1.165, 1.54) is 12.1 Å². The summed E-state index contributed by atoms with van der Waals surface area (Å²) in [5.41, 5.74) is 4.19. The Hall–Kier alpha value is -2.77. The van der Waals surface area contributed by atoms with Crippen molar-refractivity contribution in [2.45, 2.75) is 43.9 Å². The molecule has 172 valence electrons. The number of rotatable bonds is 4. The van der Waals surface area contributed by atoms with E-state index in [0.717, 1.165) is 54.6 Å². The lowest BCUT2D eigenvalue weighted by Crippen LogP contribution is -2.18. The predicted octanol–water partition coefficient (Wildman–Crippen LogP) is 5.56. The largest absolute Gasteiger partial charge is 0.396 e. The average Bonchev–Trinajstić information content (AvgIpc) is 3.57. The van der Waals surface area contributed by atoms with Crippen molar-refractivity contribution in [1.82, 2.24) is 14.8 Å². The Morgan fingerprint density at radius 3 is 2.58 bits per heavy atom. The summed E-state index contributed by atoms with van der Waals surface area (Å²) in [7, 11) is 0. The number of aliphatic hydroxyl groups excluding tert-OH is 1. The van der Waals surface area contributed by atoms with Gasteiger partial charge in [0, 0.05) is 47.9 Å². The summed E-state index contributed by atoms with van der Waals surface area (Å²) in [6.07, 6.45) is 6.07. The SMILES string of the molecule is OCC1CC[C@@H](c2c(C3CCOCC3)n(-c3ccc(F)cc3)c3cc4cn[nH]c4c(F)c23)C1. The maximum absolute atomic E-state index is 16.1. The lowest BCUT2D eigenvalue weighted by Gasteiger charge is -2.27. The Kier molecular flexibility index (Phi) is 5.18. The average molecular weight is 452 g/mol. The van der Waals surface area contributed by atoms with Crippen LogP contribution in [0, 0.1) is 17.6 Å². The van der Waals surface area contributed by atoms with Gasteiger partial charge in [-0.1, -0.05) is 0 Å². The van der Waals surface area contributed by atoms with Gasteiger partial charge in [0.2, 0.25) is 0 Å². The Labute approximate surface area is 190 Å². The summed E-state index contributed by atoms with van der Waals surface area (Å²) < 4.78 is 37.7. The minimum atomic E-state index is -0.298. The number of aromatic nitrogens is 3. The Balaban J connectivity index is 1.70. The van der Waals surface area contributed by atoms with Crippen molar-refractivity contribution in [2.24, 2.45) is 5.92 Å². The summed E-state index contributed by atoms with van der Waals surface area (Å²) in [5.74, 6) is 0.0414. The maximum atomic E-state index is 16.1. The van der Waals surface area contributed by atoms with Crippen molar-refractivity contribution >= 4 is 21.8 Å². The van der Waals surface area contributed by atoms with Gasteiger partial charge in [0.05, 0.1) is 11.7 Å². The third kappa shape index (κ3) is 3.37. The van der Waals surface area contributed by atoms with Crippen molar-refractivity contribution in [1.29, 1.82) is 0 Å². The number of nitrogens with zero attached hydrogens (tertiary/aromatic N) is 2. The van der Waals surface area contributed by atoms with Crippen LogP contribution in [0.5, 0.6) is 0 Å². The summed E-state index contributed by atoms with van der Waals surface area (Å²) >= 11 is 0. The van der Waals surface area contributed by atoms with Crippen molar-refractivity contribution in [3.8, 4) is 5.69 Å². The second-order valence-electron chi connectivity index (χ2n) is 9.47. The van der Waals surface area contributed by atoms with E-state index in [-0.39, 0.29) is 36.0 Å². The first-order chi connectivity index (χ1) is 16.2. The normalized spacial score (nSPS) is 22.0. The van der Waals surface area contributed by atoms with Gasteiger partial charge in [-0.05, 0) is 79.8 Å². The van der Waals surface area contributed by atoms with Gasteiger partial charge in [-0.15, -0.1) is 0 Å². The van der Waals surface area contributed by atoms with Crippen LogP contribution in [0.4, 0.5) is 8.78 Å². The second-order valence-corrected chi connectivity index (χ2v) is 9.47. The van der Waals surface area contributed by atoms with E-state index in [1.807, 2.05) is 6.07 Å². The minimum absolute atomic E-state index is 0.160. The van der Waals surface area contributed by atoms with Crippen LogP contribution in [0.3, 0.4) is 0 Å². The lowest BCUT2D eigenvalue weighted by molar-refractivity contribution is 0.0840. The fourth-order valence-corrected chi connectivity index (χ4v) is 6.01. The van der Waals surface area contributed by atoms with Crippen molar-refractivity contribution in [3.63, 3.8) is 0 Å². The van der Waals surface area contributed by atoms with E-state index < -0.39 is 0 Å². The summed E-state index contributed by atoms with van der Waals surface area (Å²) in [6.45, 7) is 1.51. The molecule has 4 aromatic rings. The van der Waals surface area contributed by atoms with Gasteiger partial charge in [0.15, 0.2) is 5.82 Å². The molecule has 2 N–H and O–H groups in total. The Bertz CT molecular complexity index is 1310. The first-order valence-corrected chi connectivity index (χ1v) is 11.8. The molecule has 0 bridgehead atoms. The number of aromatic amines is 1. The quantitative estimate of drug-likeness (QED) is 0.427. The molecule has 1 saturated heterocycles. The van der Waals surface area contributed by atoms with Gasteiger partial charge < -0.3 is 14.4 Å². The van der Waals surface area contributed by atoms with Gasteiger partial charge >= 0.3 is 0 Å². The molecule has 1 aliphatic heterocycles. The number of hydrogen-bond acceptors (Lipinski definition) is 3. The number of nitrogens with one attached hydrogen (secondary N) is 1. The molecule has 2 aliphatic rings. The number of hydrogen-bond donors (Lipinski definition) is 2. The molecule has 3 heterocycles. The first kappa shape index (κ1) is 20.8. The van der Waals surface area contributed by atoms with Gasteiger partial charge in [0.25, 0.3) is 0 Å². The summed E-state index contributed by atoms with van der Waals surface area (Å²) in [6, 6.07) is 8.44. The zero-order valence-corrected chi connectivity index (χ0v) is 18.4. The Morgan fingerprint density at radius 1 is 1.06 bits per heavy atom. The molecule has 7 heteroatoms. The van der Waals surface area contributed by atoms with Gasteiger partial charge in [-0.25, -0.2) is 8.78 Å². The summed E-state index contributed by atoms with van der Waals surface area (Å²) in [4.78, 5) is 0. The van der Waals surface area contributed by atoms with Crippen LogP contribution in [-0.4, -0.2) is 39.7 Å². The number of ether oxygens (including phenoxy) is 1. The molecule has 6 rings (SSSR count). The van der Waals surface area contributed by atoms with Crippen LogP contribution >= 0.6 is 0 Å². The van der Waals surface area contributed by atoms with Crippen molar-refractivity contribution in [2.75, 3.05) is 19.8 Å². The molecule has 1 unspecified atom stereocenters. The van der Waals surface area contributed by atoms with E-state index in [2.05, 4.69) is 14.8 Å². The first-order valence-electron chi connectivity index (χ1n) is 11.8. The molecule has 2 atom stereocenters. The molecule has 2 aromatic carbocycles. The monoisotopic (exact) mass is 451 g/mol. The smallest absolute Gasteiger partial charge is 0.158 e. The van der Waals surface area contributed by atoms with Crippen LogP contribution in [-0.2, 0) is 4.74 Å². The van der Waals surface area contributed by atoms with Crippen LogP contribution < -0.4 is 0 Å². The van der Waals surface area contributed by atoms with Crippen LogP contribution in [0.25, 0.3) is 27.5 Å². The Morgan fingerprint density at radius 2 is 1.85 bits per heavy atom. The molecule has 2 fully saturated rings. The van der Waals surface area contributed by atoms with E-state index in [1.54, 1.807) is 18.3 Å². The summed E-state index contributed by atoms with van der Waals surface area (Å²) in [5, 5.41) is 18.0. The molecule has 1 aliphatic carbocycles. The highest BCUT2D eigenvalue weighted by atomic mass is 19.1. The fraction of sp³-hybridized carbons (Fsp3) is 0.423. The number of halogens is 2. The zero-order chi connectivity index (χ0) is 22.5. The highest BCUT2D eigenvalue weighted by Crippen LogP contribution is 2.49. The van der Waals surface area contributed by atoms with Gasteiger partial charge in [0.1, 0.15) is 11.3 Å². The van der Waals surface area contributed by atoms with Gasteiger partial charge in [-0.3, -0.25) is 5.10 Å². The molecule has 33 heavy (non-hydrogen) atoms. The molecule has 0 spiro atoms. The molecule has 0 amide bonds. The maximum Gasteiger partial charge on any atom is 0.158 e. The zero-order valence-electron chi connectivity index (χ0n) is 18.4. The molecule has 1 saturated carbocycles. The van der Waals surface area contributed by atoms with Crippen molar-refractivity contribution in [3.05, 3.63) is 59.4 Å². The highest BCUT2D eigenvalue weighted by Gasteiger charge is 2.36. The number of benzene rings is 2. The third-order valence-corrected chi connectivity index (χ3v) is 7.58. The van der Waals surface area contributed by atoms with E-state index in [9.17, 15) is 9.50 Å². The van der Waals surface area contributed by atoms with E-state index in [4.69, 9.17) is 4.74 Å². The predicted molar refractivity (Wildman–Crippen MR) is 123 cm³/mol. The lowest BCUT2D eigenvalue weighted by atomic mass is 9.86.